The van der Waals surface area contributed by atoms with Gasteiger partial charge in [-0.15, -0.1) is 0 Å². The minimum absolute atomic E-state index is 0.0550. The molecular formula is C14H12ClNO5. The average Bonchev–Trinajstić information content (AvgIpc) is 2.49. The SMILES string of the molecule is COc1ccc(Oc2ccc(CO)cc2Cl)c([N+](=O)[O-])c1. The molecule has 0 bridgehead atoms. The van der Waals surface area contributed by atoms with Gasteiger partial charge in [-0.3, -0.25) is 10.1 Å². The molecular weight excluding hydrogens is 298 g/mol. The molecule has 0 saturated carbocycles. The van der Waals surface area contributed by atoms with Gasteiger partial charge in [-0.1, -0.05) is 17.7 Å². The van der Waals surface area contributed by atoms with Crippen molar-refractivity contribution in [3.63, 3.8) is 0 Å². The second kappa shape index (κ2) is 6.43. The number of aliphatic hydroxyl groups is 1. The lowest BCUT2D eigenvalue weighted by Gasteiger charge is -2.09. The Labute approximate surface area is 125 Å². The van der Waals surface area contributed by atoms with Crippen LogP contribution in [0.25, 0.3) is 0 Å². The lowest BCUT2D eigenvalue weighted by atomic mass is 10.2. The molecule has 0 aliphatic heterocycles. The summed E-state index contributed by atoms with van der Waals surface area (Å²) in [6.45, 7) is -0.150. The van der Waals surface area contributed by atoms with Crippen LogP contribution in [0, 0.1) is 10.1 Å². The number of rotatable bonds is 5. The van der Waals surface area contributed by atoms with E-state index in [9.17, 15) is 10.1 Å². The number of hydrogen-bond acceptors (Lipinski definition) is 5. The summed E-state index contributed by atoms with van der Waals surface area (Å²) < 4.78 is 10.4. The van der Waals surface area contributed by atoms with Gasteiger partial charge in [0.2, 0.25) is 5.75 Å². The molecule has 0 amide bonds. The van der Waals surface area contributed by atoms with E-state index in [0.717, 1.165) is 0 Å². The summed E-state index contributed by atoms with van der Waals surface area (Å²) in [4.78, 5) is 10.5. The summed E-state index contributed by atoms with van der Waals surface area (Å²) in [6, 6.07) is 8.96. The fourth-order valence-corrected chi connectivity index (χ4v) is 1.94. The number of methoxy groups -OCH3 is 1. The summed E-state index contributed by atoms with van der Waals surface area (Å²) in [7, 11) is 1.42. The van der Waals surface area contributed by atoms with E-state index in [1.807, 2.05) is 0 Å². The maximum absolute atomic E-state index is 11.1. The van der Waals surface area contributed by atoms with Crippen LogP contribution in [0.2, 0.25) is 5.02 Å². The zero-order valence-electron chi connectivity index (χ0n) is 11.1. The third kappa shape index (κ3) is 3.42. The van der Waals surface area contributed by atoms with Crippen LogP contribution in [0.5, 0.6) is 17.2 Å². The highest BCUT2D eigenvalue weighted by molar-refractivity contribution is 6.32. The summed E-state index contributed by atoms with van der Waals surface area (Å²) in [5, 5.41) is 20.3. The maximum atomic E-state index is 11.1. The number of nitro groups is 1. The zero-order valence-corrected chi connectivity index (χ0v) is 11.8. The average molecular weight is 310 g/mol. The largest absolute Gasteiger partial charge is 0.496 e. The molecule has 7 heteroatoms. The van der Waals surface area contributed by atoms with E-state index in [0.29, 0.717) is 11.3 Å². The molecule has 2 rings (SSSR count). The van der Waals surface area contributed by atoms with Crippen molar-refractivity contribution in [1.29, 1.82) is 0 Å². The predicted octanol–water partition coefficient (Wildman–Crippen LogP) is 3.54. The molecule has 2 aromatic carbocycles. The Hall–Kier alpha value is -2.31. The molecule has 21 heavy (non-hydrogen) atoms. The van der Waals surface area contributed by atoms with Crippen LogP contribution < -0.4 is 9.47 Å². The molecule has 110 valence electrons. The Bertz CT molecular complexity index is 674. The Kier molecular flexibility index (Phi) is 4.62. The van der Waals surface area contributed by atoms with Crippen LogP contribution in [0.1, 0.15) is 5.56 Å². The van der Waals surface area contributed by atoms with Crippen molar-refractivity contribution in [1.82, 2.24) is 0 Å². The third-order valence-electron chi connectivity index (χ3n) is 2.76. The molecule has 0 heterocycles. The third-order valence-corrected chi connectivity index (χ3v) is 3.06. The highest BCUT2D eigenvalue weighted by atomic mass is 35.5. The Morgan fingerprint density at radius 2 is 1.95 bits per heavy atom. The first kappa shape index (κ1) is 15.1. The van der Waals surface area contributed by atoms with Gasteiger partial charge < -0.3 is 14.6 Å². The first-order valence-electron chi connectivity index (χ1n) is 5.94. The standard InChI is InChI=1S/C14H12ClNO5/c1-20-10-3-5-14(12(7-10)16(18)19)21-13-4-2-9(8-17)6-11(13)15/h2-7,17H,8H2,1H3. The Balaban J connectivity index is 2.37. The van der Waals surface area contributed by atoms with Crippen LogP contribution in [-0.4, -0.2) is 17.1 Å². The summed E-state index contributed by atoms with van der Waals surface area (Å²) in [6.07, 6.45) is 0. The fourth-order valence-electron chi connectivity index (χ4n) is 1.70. The van der Waals surface area contributed by atoms with Gasteiger partial charge in [-0.05, 0) is 29.8 Å². The van der Waals surface area contributed by atoms with Gasteiger partial charge in [0.1, 0.15) is 11.5 Å². The number of benzene rings is 2. The van der Waals surface area contributed by atoms with Crippen molar-refractivity contribution < 1.29 is 19.5 Å². The molecule has 0 unspecified atom stereocenters. The van der Waals surface area contributed by atoms with Gasteiger partial charge >= 0.3 is 5.69 Å². The second-order valence-electron chi connectivity index (χ2n) is 4.12. The van der Waals surface area contributed by atoms with Crippen molar-refractivity contribution in [2.75, 3.05) is 7.11 Å². The van der Waals surface area contributed by atoms with E-state index in [1.165, 1.54) is 25.3 Å². The molecule has 1 N–H and O–H groups in total. The number of hydrogen-bond donors (Lipinski definition) is 1. The van der Waals surface area contributed by atoms with Gasteiger partial charge in [0, 0.05) is 0 Å². The number of ether oxygens (including phenoxy) is 2. The number of aliphatic hydroxyl groups excluding tert-OH is 1. The summed E-state index contributed by atoms with van der Waals surface area (Å²) >= 11 is 6.02. The zero-order chi connectivity index (χ0) is 15.4. The quantitative estimate of drug-likeness (QED) is 0.674. The van der Waals surface area contributed by atoms with E-state index in [4.69, 9.17) is 26.2 Å². The molecule has 0 saturated heterocycles. The van der Waals surface area contributed by atoms with Gasteiger partial charge in [-0.2, -0.15) is 0 Å². The highest BCUT2D eigenvalue weighted by Gasteiger charge is 2.18. The lowest BCUT2D eigenvalue weighted by Crippen LogP contribution is -1.95. The smallest absolute Gasteiger partial charge is 0.315 e. The van der Waals surface area contributed by atoms with E-state index in [1.54, 1.807) is 18.2 Å². The first-order valence-corrected chi connectivity index (χ1v) is 6.32. The van der Waals surface area contributed by atoms with Gasteiger partial charge in [0.25, 0.3) is 0 Å². The fraction of sp³-hybridized carbons (Fsp3) is 0.143. The monoisotopic (exact) mass is 309 g/mol. The number of halogens is 1. The van der Waals surface area contributed by atoms with Crippen LogP contribution in [-0.2, 0) is 6.61 Å². The Morgan fingerprint density at radius 1 is 1.24 bits per heavy atom. The van der Waals surface area contributed by atoms with E-state index < -0.39 is 4.92 Å². The molecule has 0 aromatic heterocycles. The molecule has 6 nitrogen and oxygen atoms in total. The predicted molar refractivity (Wildman–Crippen MR) is 77.1 cm³/mol. The van der Waals surface area contributed by atoms with E-state index in [-0.39, 0.29) is 28.8 Å². The molecule has 0 radical (unpaired) electrons. The first-order chi connectivity index (χ1) is 10.0. The van der Waals surface area contributed by atoms with Gasteiger partial charge in [-0.25, -0.2) is 0 Å². The van der Waals surface area contributed by atoms with Crippen molar-refractivity contribution in [3.05, 3.63) is 57.1 Å². The number of nitro benzene ring substituents is 1. The minimum atomic E-state index is -0.562. The van der Waals surface area contributed by atoms with Crippen molar-refractivity contribution in [2.24, 2.45) is 0 Å². The lowest BCUT2D eigenvalue weighted by molar-refractivity contribution is -0.385. The van der Waals surface area contributed by atoms with Crippen molar-refractivity contribution in [3.8, 4) is 17.2 Å². The molecule has 0 spiro atoms. The van der Waals surface area contributed by atoms with Crippen molar-refractivity contribution in [2.45, 2.75) is 6.61 Å². The van der Waals surface area contributed by atoms with Crippen LogP contribution >= 0.6 is 11.6 Å². The van der Waals surface area contributed by atoms with Crippen molar-refractivity contribution >= 4 is 17.3 Å². The van der Waals surface area contributed by atoms with Gasteiger partial charge in [0.15, 0.2) is 0 Å². The Morgan fingerprint density at radius 3 is 2.52 bits per heavy atom. The second-order valence-corrected chi connectivity index (χ2v) is 4.52. The van der Waals surface area contributed by atoms with Crippen LogP contribution in [0.3, 0.4) is 0 Å². The number of nitrogens with zero attached hydrogens (tertiary/aromatic N) is 1. The van der Waals surface area contributed by atoms with Crippen LogP contribution in [0.4, 0.5) is 5.69 Å². The molecule has 2 aromatic rings. The molecule has 0 fully saturated rings. The molecule has 0 atom stereocenters. The summed E-state index contributed by atoms with van der Waals surface area (Å²) in [5.41, 5.74) is 0.397. The van der Waals surface area contributed by atoms with E-state index in [2.05, 4.69) is 0 Å². The van der Waals surface area contributed by atoms with Gasteiger partial charge in [0.05, 0.1) is 29.7 Å². The maximum Gasteiger partial charge on any atom is 0.315 e. The van der Waals surface area contributed by atoms with Crippen LogP contribution in [0.15, 0.2) is 36.4 Å². The normalized spacial score (nSPS) is 10.2. The minimum Gasteiger partial charge on any atom is -0.496 e. The summed E-state index contributed by atoms with van der Waals surface area (Å²) in [5.74, 6) is 0.678. The molecule has 0 aliphatic rings. The van der Waals surface area contributed by atoms with E-state index >= 15 is 0 Å². The topological polar surface area (TPSA) is 81.8 Å². The molecule has 0 aliphatic carbocycles. The highest BCUT2D eigenvalue weighted by Crippen LogP contribution is 2.37.